The second kappa shape index (κ2) is 7.90. The number of anilines is 1. The van der Waals surface area contributed by atoms with Crippen LogP contribution in [0.2, 0.25) is 0 Å². The zero-order valence-electron chi connectivity index (χ0n) is 18.8. The molecular formula is C26H26N6O2. The molecule has 1 unspecified atom stereocenters. The molecule has 3 N–H and O–H groups in total. The van der Waals surface area contributed by atoms with Crippen molar-refractivity contribution >= 4 is 17.6 Å². The molecule has 2 aromatic heterocycles. The van der Waals surface area contributed by atoms with Crippen LogP contribution < -0.4 is 11.1 Å². The van der Waals surface area contributed by atoms with E-state index in [1.165, 1.54) is 0 Å². The van der Waals surface area contributed by atoms with Crippen molar-refractivity contribution in [1.29, 1.82) is 0 Å². The quantitative estimate of drug-likeness (QED) is 0.573. The van der Waals surface area contributed by atoms with Gasteiger partial charge >= 0.3 is 0 Å². The normalized spacial score (nSPS) is 19.8. The second-order valence-corrected chi connectivity index (χ2v) is 9.44. The molecule has 0 bridgehead atoms. The summed E-state index contributed by atoms with van der Waals surface area (Å²) >= 11 is 0. The first-order valence-electron chi connectivity index (χ1n) is 11.8. The van der Waals surface area contributed by atoms with E-state index in [0.29, 0.717) is 31.8 Å². The fourth-order valence-corrected chi connectivity index (χ4v) is 5.22. The Morgan fingerprint density at radius 3 is 2.71 bits per heavy atom. The van der Waals surface area contributed by atoms with Gasteiger partial charge in [-0.05, 0) is 55.4 Å². The summed E-state index contributed by atoms with van der Waals surface area (Å²) in [6.45, 7) is 0.927. The first-order chi connectivity index (χ1) is 16.5. The van der Waals surface area contributed by atoms with E-state index in [2.05, 4.69) is 16.4 Å². The van der Waals surface area contributed by atoms with Crippen LogP contribution in [0.1, 0.15) is 47.7 Å². The smallest absolute Gasteiger partial charge is 0.238 e. The molecule has 0 spiro atoms. The first kappa shape index (κ1) is 20.8. The van der Waals surface area contributed by atoms with E-state index in [9.17, 15) is 9.59 Å². The molecule has 1 fully saturated rings. The topological polar surface area (TPSA) is 114 Å². The summed E-state index contributed by atoms with van der Waals surface area (Å²) in [5.74, 6) is 0.784. The highest BCUT2D eigenvalue weighted by molar-refractivity contribution is 6.07. The molecule has 3 aliphatic rings. The maximum absolute atomic E-state index is 13.3. The summed E-state index contributed by atoms with van der Waals surface area (Å²) in [6.07, 6.45) is 7.47. The molecule has 0 saturated heterocycles. The predicted molar refractivity (Wildman–Crippen MR) is 126 cm³/mol. The van der Waals surface area contributed by atoms with Gasteiger partial charge in [-0.25, -0.2) is 9.97 Å². The van der Waals surface area contributed by atoms with Crippen LogP contribution in [-0.4, -0.2) is 38.2 Å². The number of rotatable bonds is 5. The van der Waals surface area contributed by atoms with Crippen molar-refractivity contribution in [2.75, 3.05) is 11.9 Å². The van der Waals surface area contributed by atoms with Crippen molar-refractivity contribution in [3.05, 3.63) is 71.2 Å². The minimum absolute atomic E-state index is 0.154. The molecule has 8 nitrogen and oxygen atoms in total. The van der Waals surface area contributed by atoms with Gasteiger partial charge in [0, 0.05) is 42.3 Å². The van der Waals surface area contributed by atoms with E-state index >= 15 is 0 Å². The number of hydrogen-bond donors (Lipinski definition) is 2. The van der Waals surface area contributed by atoms with Gasteiger partial charge in [-0.2, -0.15) is 0 Å². The molecular weight excluding hydrogens is 428 g/mol. The zero-order valence-corrected chi connectivity index (χ0v) is 18.8. The molecule has 1 aromatic carbocycles. The highest BCUT2D eigenvalue weighted by Crippen LogP contribution is 2.48. The number of nitrogens with one attached hydrogen (secondary N) is 1. The molecule has 1 aliphatic heterocycles. The monoisotopic (exact) mass is 454 g/mol. The SMILES string of the molecule is NC(=O)C1(C(=O)N2Cc3ccccc3C(Nc3nc(-c4cccnc4)nc4c3CCC4)C2)CC1. The predicted octanol–water partition coefficient (Wildman–Crippen LogP) is 2.79. The number of amides is 2. The van der Waals surface area contributed by atoms with Crippen LogP contribution >= 0.6 is 0 Å². The van der Waals surface area contributed by atoms with Crippen LogP contribution in [0, 0.1) is 5.41 Å². The van der Waals surface area contributed by atoms with Crippen molar-refractivity contribution in [3.8, 4) is 11.4 Å². The third kappa shape index (κ3) is 3.41. The van der Waals surface area contributed by atoms with E-state index in [4.69, 9.17) is 15.7 Å². The highest BCUT2D eigenvalue weighted by atomic mass is 16.2. The standard InChI is InChI=1S/C26H26N6O2/c27-24(33)26(10-11-26)25(34)32-14-17-5-1-2-7-18(17)21(15-32)30-23-19-8-3-9-20(19)29-22(31-23)16-6-4-12-28-13-16/h1-2,4-7,12-13,21H,3,8-11,14-15H2,(H2,27,33)(H,29,30,31). The van der Waals surface area contributed by atoms with Crippen LogP contribution in [0.4, 0.5) is 5.82 Å². The Balaban J connectivity index is 1.36. The van der Waals surface area contributed by atoms with E-state index < -0.39 is 11.3 Å². The minimum Gasteiger partial charge on any atom is -0.369 e. The first-order valence-corrected chi connectivity index (χ1v) is 11.8. The molecule has 2 amide bonds. The van der Waals surface area contributed by atoms with Gasteiger partial charge in [-0.1, -0.05) is 24.3 Å². The Hall–Kier alpha value is -3.81. The third-order valence-electron chi connectivity index (χ3n) is 7.28. The maximum Gasteiger partial charge on any atom is 0.238 e. The average Bonchev–Trinajstić information content (AvgIpc) is 3.55. The Morgan fingerprint density at radius 2 is 1.94 bits per heavy atom. The van der Waals surface area contributed by atoms with Gasteiger partial charge < -0.3 is 16.0 Å². The molecule has 2 aliphatic carbocycles. The van der Waals surface area contributed by atoms with Gasteiger partial charge in [-0.15, -0.1) is 0 Å². The van der Waals surface area contributed by atoms with Crippen molar-refractivity contribution in [1.82, 2.24) is 19.9 Å². The summed E-state index contributed by atoms with van der Waals surface area (Å²) in [5.41, 5.74) is 9.87. The largest absolute Gasteiger partial charge is 0.369 e. The fourth-order valence-electron chi connectivity index (χ4n) is 5.22. The van der Waals surface area contributed by atoms with Crippen molar-refractivity contribution in [2.24, 2.45) is 11.1 Å². The third-order valence-corrected chi connectivity index (χ3v) is 7.28. The average molecular weight is 455 g/mol. The Morgan fingerprint density at radius 1 is 1.09 bits per heavy atom. The molecule has 1 saturated carbocycles. The minimum atomic E-state index is -1.03. The number of aromatic nitrogens is 3. The number of benzene rings is 1. The van der Waals surface area contributed by atoms with Crippen LogP contribution in [0.5, 0.6) is 0 Å². The van der Waals surface area contributed by atoms with Crippen molar-refractivity contribution in [3.63, 3.8) is 0 Å². The number of aryl methyl sites for hydroxylation is 1. The van der Waals surface area contributed by atoms with Crippen molar-refractivity contribution in [2.45, 2.75) is 44.7 Å². The lowest BCUT2D eigenvalue weighted by Crippen LogP contribution is -2.47. The molecule has 0 radical (unpaired) electrons. The van der Waals surface area contributed by atoms with Gasteiger partial charge in [0.25, 0.3) is 0 Å². The summed E-state index contributed by atoms with van der Waals surface area (Å²) < 4.78 is 0. The molecule has 3 heterocycles. The van der Waals surface area contributed by atoms with E-state index in [-0.39, 0.29) is 11.9 Å². The molecule has 6 rings (SSSR count). The lowest BCUT2D eigenvalue weighted by Gasteiger charge is -2.37. The number of carbonyl (C=O) groups excluding carboxylic acids is 2. The fraction of sp³-hybridized carbons (Fsp3) is 0.346. The Kier molecular flexibility index (Phi) is 4.83. The molecule has 1 atom stereocenters. The van der Waals surface area contributed by atoms with Crippen LogP contribution in [-0.2, 0) is 29.0 Å². The van der Waals surface area contributed by atoms with Gasteiger partial charge in [0.05, 0.1) is 6.04 Å². The number of carbonyl (C=O) groups is 2. The number of nitrogens with zero attached hydrogens (tertiary/aromatic N) is 4. The number of nitrogens with two attached hydrogens (primary N) is 1. The van der Waals surface area contributed by atoms with E-state index in [1.54, 1.807) is 17.3 Å². The lowest BCUT2D eigenvalue weighted by atomic mass is 9.93. The van der Waals surface area contributed by atoms with Crippen LogP contribution in [0.25, 0.3) is 11.4 Å². The summed E-state index contributed by atoms with van der Waals surface area (Å²) in [6, 6.07) is 11.8. The number of pyridine rings is 1. The lowest BCUT2D eigenvalue weighted by molar-refractivity contribution is -0.144. The molecule has 172 valence electrons. The summed E-state index contributed by atoms with van der Waals surface area (Å²) in [4.78, 5) is 41.1. The van der Waals surface area contributed by atoms with E-state index in [0.717, 1.165) is 53.0 Å². The Labute approximate surface area is 197 Å². The van der Waals surface area contributed by atoms with Crippen LogP contribution in [0.15, 0.2) is 48.8 Å². The maximum atomic E-state index is 13.3. The van der Waals surface area contributed by atoms with Crippen molar-refractivity contribution < 1.29 is 9.59 Å². The zero-order chi connectivity index (χ0) is 23.3. The summed E-state index contributed by atoms with van der Waals surface area (Å²) in [5, 5.41) is 3.65. The van der Waals surface area contributed by atoms with E-state index in [1.807, 2.05) is 30.3 Å². The van der Waals surface area contributed by atoms with Crippen LogP contribution in [0.3, 0.4) is 0 Å². The molecule has 34 heavy (non-hydrogen) atoms. The molecule has 3 aromatic rings. The number of fused-ring (bicyclic) bond motifs is 2. The van der Waals surface area contributed by atoms with Gasteiger partial charge in [-0.3, -0.25) is 14.6 Å². The number of primary amides is 1. The number of hydrogen-bond acceptors (Lipinski definition) is 6. The summed E-state index contributed by atoms with van der Waals surface area (Å²) in [7, 11) is 0. The van der Waals surface area contributed by atoms with Gasteiger partial charge in [0.1, 0.15) is 11.2 Å². The Bertz CT molecular complexity index is 1290. The molecule has 8 heteroatoms. The highest BCUT2D eigenvalue weighted by Gasteiger charge is 2.57. The van der Waals surface area contributed by atoms with Gasteiger partial charge in [0.2, 0.25) is 11.8 Å². The van der Waals surface area contributed by atoms with Gasteiger partial charge in [0.15, 0.2) is 5.82 Å². The second-order valence-electron chi connectivity index (χ2n) is 9.44.